The average molecular weight is 352 g/mol. The molecule has 7 heteroatoms. The minimum atomic E-state index is -0.346. The molecule has 4 rings (SSSR count). The number of halogens is 1. The van der Waals surface area contributed by atoms with Gasteiger partial charge < -0.3 is 14.2 Å². The van der Waals surface area contributed by atoms with Gasteiger partial charge >= 0.3 is 11.8 Å². The van der Waals surface area contributed by atoms with E-state index in [1.165, 1.54) is 24.3 Å². The molecule has 0 atom stereocenters. The highest BCUT2D eigenvalue weighted by Crippen LogP contribution is 2.20. The molecule has 1 aromatic heterocycles. The number of nitrogens with zero attached hydrogens (tertiary/aromatic N) is 4. The monoisotopic (exact) mass is 352 g/mol. The fraction of sp³-hybridized carbons (Fsp3) is 0.211. The van der Waals surface area contributed by atoms with Crippen molar-refractivity contribution in [2.45, 2.75) is 0 Å². The van der Waals surface area contributed by atoms with Crippen molar-refractivity contribution in [3.8, 4) is 11.5 Å². The summed E-state index contributed by atoms with van der Waals surface area (Å²) in [6, 6.07) is 15.8. The lowest BCUT2D eigenvalue weighted by atomic mass is 10.2. The average Bonchev–Trinajstić information content (AvgIpc) is 3.19. The molecule has 132 valence electrons. The van der Waals surface area contributed by atoms with Crippen LogP contribution in [0.1, 0.15) is 10.7 Å². The number of hydrogen-bond acceptors (Lipinski definition) is 5. The van der Waals surface area contributed by atoms with Crippen LogP contribution < -0.4 is 4.90 Å². The van der Waals surface area contributed by atoms with Gasteiger partial charge in [-0.25, -0.2) is 4.39 Å². The number of carbonyl (C=O) groups excluding carboxylic acids is 1. The van der Waals surface area contributed by atoms with Gasteiger partial charge in [-0.15, -0.1) is 10.2 Å². The van der Waals surface area contributed by atoms with Crippen molar-refractivity contribution in [3.63, 3.8) is 0 Å². The van der Waals surface area contributed by atoms with E-state index < -0.39 is 0 Å². The van der Waals surface area contributed by atoms with Crippen LogP contribution in [-0.2, 0) is 0 Å². The van der Waals surface area contributed by atoms with Crippen LogP contribution in [0.25, 0.3) is 11.5 Å². The molecule has 1 fully saturated rings. The molecule has 2 aromatic carbocycles. The number of anilines is 1. The largest absolute Gasteiger partial charge is 0.412 e. The molecule has 1 amide bonds. The predicted octanol–water partition coefficient (Wildman–Crippen LogP) is 2.84. The van der Waals surface area contributed by atoms with Crippen LogP contribution in [0, 0.1) is 5.82 Å². The molecule has 1 aliphatic heterocycles. The summed E-state index contributed by atoms with van der Waals surface area (Å²) in [5.74, 6) is -0.465. The molecule has 26 heavy (non-hydrogen) atoms. The number of carbonyl (C=O) groups is 1. The Labute approximate surface area is 149 Å². The topological polar surface area (TPSA) is 62.5 Å². The number of rotatable bonds is 3. The molecule has 2 heterocycles. The summed E-state index contributed by atoms with van der Waals surface area (Å²) in [5.41, 5.74) is 1.72. The van der Waals surface area contributed by atoms with Gasteiger partial charge in [0, 0.05) is 37.4 Å². The molecule has 0 saturated carbocycles. The maximum atomic E-state index is 13.0. The number of aromatic nitrogens is 2. The minimum absolute atomic E-state index is 0.0440. The lowest BCUT2D eigenvalue weighted by Crippen LogP contribution is -2.48. The highest BCUT2D eigenvalue weighted by atomic mass is 19.1. The second kappa shape index (κ2) is 6.95. The minimum Gasteiger partial charge on any atom is -0.412 e. The van der Waals surface area contributed by atoms with Gasteiger partial charge in [-0.1, -0.05) is 18.2 Å². The Balaban J connectivity index is 1.42. The van der Waals surface area contributed by atoms with Gasteiger partial charge in [-0.2, -0.15) is 0 Å². The van der Waals surface area contributed by atoms with E-state index in [9.17, 15) is 9.18 Å². The van der Waals surface area contributed by atoms with Crippen LogP contribution in [0.3, 0.4) is 0 Å². The van der Waals surface area contributed by atoms with E-state index in [0.29, 0.717) is 18.7 Å². The first-order valence-corrected chi connectivity index (χ1v) is 8.39. The molecule has 1 aliphatic rings. The molecule has 0 spiro atoms. The maximum absolute atomic E-state index is 13.0. The normalized spacial score (nSPS) is 14.5. The van der Waals surface area contributed by atoms with E-state index in [-0.39, 0.29) is 23.5 Å². The van der Waals surface area contributed by atoms with Crippen molar-refractivity contribution >= 4 is 11.6 Å². The summed E-state index contributed by atoms with van der Waals surface area (Å²) in [6.45, 7) is 2.66. The second-order valence-electron chi connectivity index (χ2n) is 6.03. The summed E-state index contributed by atoms with van der Waals surface area (Å²) in [4.78, 5) is 16.5. The standard InChI is InChI=1S/C19H17FN4O2/c20-15-8-6-14(7-9-15)17-21-22-18(26-17)19(25)24-12-10-23(11-13-24)16-4-2-1-3-5-16/h1-9H,10-13H2. The van der Waals surface area contributed by atoms with Crippen molar-refractivity contribution in [1.82, 2.24) is 15.1 Å². The maximum Gasteiger partial charge on any atom is 0.311 e. The van der Waals surface area contributed by atoms with Gasteiger partial charge in [-0.05, 0) is 36.4 Å². The summed E-state index contributed by atoms with van der Waals surface area (Å²) in [7, 11) is 0. The third-order valence-corrected chi connectivity index (χ3v) is 4.39. The lowest BCUT2D eigenvalue weighted by Gasteiger charge is -2.35. The van der Waals surface area contributed by atoms with E-state index >= 15 is 0 Å². The molecular formula is C19H17FN4O2. The van der Waals surface area contributed by atoms with Crippen LogP contribution in [0.5, 0.6) is 0 Å². The quantitative estimate of drug-likeness (QED) is 0.725. The molecule has 1 saturated heterocycles. The molecule has 0 bridgehead atoms. The predicted molar refractivity (Wildman–Crippen MR) is 94.3 cm³/mol. The Hall–Kier alpha value is -3.22. The van der Waals surface area contributed by atoms with Crippen molar-refractivity contribution < 1.29 is 13.6 Å². The summed E-state index contributed by atoms with van der Waals surface area (Å²) in [5, 5.41) is 7.75. The number of amides is 1. The van der Waals surface area contributed by atoms with E-state index in [1.54, 1.807) is 4.90 Å². The first-order chi connectivity index (χ1) is 12.7. The van der Waals surface area contributed by atoms with E-state index in [0.717, 1.165) is 18.8 Å². The van der Waals surface area contributed by atoms with Crippen LogP contribution in [0.15, 0.2) is 59.0 Å². The van der Waals surface area contributed by atoms with Crippen LogP contribution in [0.4, 0.5) is 10.1 Å². The third kappa shape index (κ3) is 3.28. The molecule has 3 aromatic rings. The lowest BCUT2D eigenvalue weighted by molar-refractivity contribution is 0.0707. The van der Waals surface area contributed by atoms with Gasteiger partial charge in [-0.3, -0.25) is 4.79 Å². The Morgan fingerprint density at radius 1 is 0.923 bits per heavy atom. The molecule has 0 N–H and O–H groups in total. The Morgan fingerprint density at radius 2 is 1.62 bits per heavy atom. The zero-order valence-electron chi connectivity index (χ0n) is 14.0. The fourth-order valence-electron chi connectivity index (χ4n) is 2.96. The Kier molecular flexibility index (Phi) is 4.35. The summed E-state index contributed by atoms with van der Waals surface area (Å²) < 4.78 is 18.5. The SMILES string of the molecule is O=C(c1nnc(-c2ccc(F)cc2)o1)N1CCN(c2ccccc2)CC1. The van der Waals surface area contributed by atoms with Crippen molar-refractivity contribution in [2.75, 3.05) is 31.1 Å². The summed E-state index contributed by atoms with van der Waals surface area (Å²) in [6.07, 6.45) is 0. The van der Waals surface area contributed by atoms with E-state index in [1.807, 2.05) is 18.2 Å². The van der Waals surface area contributed by atoms with E-state index in [2.05, 4.69) is 27.2 Å². The smallest absolute Gasteiger partial charge is 0.311 e. The van der Waals surface area contributed by atoms with E-state index in [4.69, 9.17) is 4.42 Å². The fourth-order valence-corrected chi connectivity index (χ4v) is 2.96. The highest BCUT2D eigenvalue weighted by molar-refractivity contribution is 5.90. The number of piperazine rings is 1. The molecule has 0 aliphatic carbocycles. The zero-order chi connectivity index (χ0) is 17.9. The Morgan fingerprint density at radius 3 is 2.31 bits per heavy atom. The molecule has 6 nitrogen and oxygen atoms in total. The van der Waals surface area contributed by atoms with Crippen LogP contribution in [0.2, 0.25) is 0 Å². The van der Waals surface area contributed by atoms with Gasteiger partial charge in [0.2, 0.25) is 5.89 Å². The van der Waals surface area contributed by atoms with Gasteiger partial charge in [0.1, 0.15) is 5.82 Å². The number of para-hydroxylation sites is 1. The van der Waals surface area contributed by atoms with Crippen molar-refractivity contribution in [1.29, 1.82) is 0 Å². The number of hydrogen-bond donors (Lipinski definition) is 0. The van der Waals surface area contributed by atoms with Gasteiger partial charge in [0.25, 0.3) is 0 Å². The molecule has 0 radical (unpaired) electrons. The van der Waals surface area contributed by atoms with Crippen LogP contribution in [-0.4, -0.2) is 47.2 Å². The molecule has 0 unspecified atom stereocenters. The molecular weight excluding hydrogens is 335 g/mol. The van der Waals surface area contributed by atoms with Gasteiger partial charge in [0.05, 0.1) is 0 Å². The first kappa shape index (κ1) is 16.3. The highest BCUT2D eigenvalue weighted by Gasteiger charge is 2.26. The van der Waals surface area contributed by atoms with Crippen LogP contribution >= 0.6 is 0 Å². The third-order valence-electron chi connectivity index (χ3n) is 4.39. The second-order valence-corrected chi connectivity index (χ2v) is 6.03. The Bertz CT molecular complexity index is 887. The zero-order valence-corrected chi connectivity index (χ0v) is 14.0. The van der Waals surface area contributed by atoms with Crippen molar-refractivity contribution in [3.05, 3.63) is 66.3 Å². The van der Waals surface area contributed by atoms with Gasteiger partial charge in [0.15, 0.2) is 0 Å². The summed E-state index contributed by atoms with van der Waals surface area (Å²) >= 11 is 0. The first-order valence-electron chi connectivity index (χ1n) is 8.39. The number of benzene rings is 2. The van der Waals surface area contributed by atoms with Crippen molar-refractivity contribution in [2.24, 2.45) is 0 Å².